The zero-order chi connectivity index (χ0) is 14.9. The van der Waals surface area contributed by atoms with Crippen LogP contribution in [0.4, 0.5) is 0 Å². The summed E-state index contributed by atoms with van der Waals surface area (Å²) in [5.74, 6) is 0. The van der Waals surface area contributed by atoms with E-state index in [1.54, 1.807) is 0 Å². The lowest BCUT2D eigenvalue weighted by Gasteiger charge is -2.24. The van der Waals surface area contributed by atoms with E-state index < -0.39 is 0 Å². The van der Waals surface area contributed by atoms with Crippen LogP contribution < -0.4 is 0 Å². The molecule has 5 heteroatoms. The van der Waals surface area contributed by atoms with Gasteiger partial charge in [-0.3, -0.25) is 4.90 Å². The topological polar surface area (TPSA) is 38.4 Å². The molecule has 0 aromatic carbocycles. The van der Waals surface area contributed by atoms with Crippen LogP contribution in [-0.2, 0) is 13.1 Å². The fraction of sp³-hybridized carbons (Fsp3) is 0.412. The summed E-state index contributed by atoms with van der Waals surface area (Å²) >= 11 is 0. The van der Waals surface area contributed by atoms with Gasteiger partial charge in [0, 0.05) is 37.7 Å². The minimum absolute atomic E-state index is 0.588. The van der Waals surface area contributed by atoms with Crippen molar-refractivity contribution in [2.45, 2.75) is 38.9 Å². The van der Waals surface area contributed by atoms with Gasteiger partial charge < -0.3 is 8.97 Å². The Morgan fingerprint density at radius 3 is 3.14 bits per heavy atom. The van der Waals surface area contributed by atoms with Crippen LogP contribution in [0.5, 0.6) is 0 Å². The third-order valence-corrected chi connectivity index (χ3v) is 4.65. The SMILES string of the molecule is Cc1cccn2c(CN3CCC[C@H]3Cn3ccnc3)cnc12. The maximum atomic E-state index is 4.58. The number of nitrogens with zero attached hydrogens (tertiary/aromatic N) is 5. The number of rotatable bonds is 4. The van der Waals surface area contributed by atoms with E-state index in [1.807, 2.05) is 24.9 Å². The Labute approximate surface area is 130 Å². The number of fused-ring (bicyclic) bond motifs is 1. The highest BCUT2D eigenvalue weighted by molar-refractivity contribution is 5.48. The number of hydrogen-bond acceptors (Lipinski definition) is 3. The highest BCUT2D eigenvalue weighted by Gasteiger charge is 2.25. The van der Waals surface area contributed by atoms with Crippen molar-refractivity contribution in [1.82, 2.24) is 23.8 Å². The van der Waals surface area contributed by atoms with E-state index in [0.29, 0.717) is 6.04 Å². The fourth-order valence-corrected chi connectivity index (χ4v) is 3.48. The van der Waals surface area contributed by atoms with Gasteiger partial charge in [0.15, 0.2) is 0 Å². The molecule has 0 amide bonds. The Morgan fingerprint density at radius 2 is 2.27 bits per heavy atom. The summed E-state index contributed by atoms with van der Waals surface area (Å²) in [6, 6.07) is 4.80. The van der Waals surface area contributed by atoms with Gasteiger partial charge in [-0.05, 0) is 37.9 Å². The first kappa shape index (κ1) is 13.5. The first-order chi connectivity index (χ1) is 10.8. The van der Waals surface area contributed by atoms with Gasteiger partial charge in [-0.25, -0.2) is 9.97 Å². The van der Waals surface area contributed by atoms with E-state index in [9.17, 15) is 0 Å². The molecule has 1 atom stereocenters. The second-order valence-electron chi connectivity index (χ2n) is 6.16. The van der Waals surface area contributed by atoms with Crippen molar-refractivity contribution in [2.24, 2.45) is 0 Å². The summed E-state index contributed by atoms with van der Waals surface area (Å²) in [5, 5.41) is 0. The number of imidazole rings is 2. The molecule has 0 aliphatic carbocycles. The van der Waals surface area contributed by atoms with E-state index in [4.69, 9.17) is 0 Å². The average Bonchev–Trinajstić information content (AvgIpc) is 3.24. The maximum Gasteiger partial charge on any atom is 0.139 e. The summed E-state index contributed by atoms with van der Waals surface area (Å²) in [5.41, 5.74) is 3.57. The minimum Gasteiger partial charge on any atom is -0.336 e. The van der Waals surface area contributed by atoms with Gasteiger partial charge in [0.1, 0.15) is 5.65 Å². The molecule has 0 spiro atoms. The second kappa shape index (κ2) is 5.57. The number of hydrogen-bond donors (Lipinski definition) is 0. The normalized spacial score (nSPS) is 19.2. The first-order valence-corrected chi connectivity index (χ1v) is 7.92. The molecule has 4 rings (SSSR count). The predicted octanol–water partition coefficient (Wildman–Crippen LogP) is 2.50. The lowest BCUT2D eigenvalue weighted by atomic mass is 10.2. The standard InChI is InChI=1S/C17H21N5/c1-14-4-2-8-22-16(10-19-17(14)22)12-21-7-3-5-15(21)11-20-9-6-18-13-20/h2,4,6,8-10,13,15H,3,5,7,11-12H2,1H3/t15-/m0/s1. The molecule has 1 fully saturated rings. The zero-order valence-electron chi connectivity index (χ0n) is 12.9. The fourth-order valence-electron chi connectivity index (χ4n) is 3.48. The summed E-state index contributed by atoms with van der Waals surface area (Å²) in [7, 11) is 0. The molecule has 1 aliphatic heterocycles. The van der Waals surface area contributed by atoms with Crippen LogP contribution in [0.3, 0.4) is 0 Å². The number of pyridine rings is 1. The van der Waals surface area contributed by atoms with Gasteiger partial charge >= 0.3 is 0 Å². The molecule has 0 unspecified atom stereocenters. The van der Waals surface area contributed by atoms with Crippen molar-refractivity contribution < 1.29 is 0 Å². The molecule has 1 aliphatic rings. The largest absolute Gasteiger partial charge is 0.336 e. The minimum atomic E-state index is 0.588. The molecule has 0 N–H and O–H groups in total. The molecule has 22 heavy (non-hydrogen) atoms. The first-order valence-electron chi connectivity index (χ1n) is 7.92. The quantitative estimate of drug-likeness (QED) is 0.742. The van der Waals surface area contributed by atoms with Gasteiger partial charge in [-0.2, -0.15) is 0 Å². The molecule has 3 aromatic rings. The van der Waals surface area contributed by atoms with Crippen LogP contribution in [0.25, 0.3) is 5.65 Å². The molecule has 4 heterocycles. The molecule has 0 radical (unpaired) electrons. The number of aryl methyl sites for hydroxylation is 1. The van der Waals surface area contributed by atoms with E-state index in [-0.39, 0.29) is 0 Å². The summed E-state index contributed by atoms with van der Waals surface area (Å²) < 4.78 is 4.41. The predicted molar refractivity (Wildman–Crippen MR) is 85.6 cm³/mol. The molecular weight excluding hydrogens is 274 g/mol. The summed E-state index contributed by atoms with van der Waals surface area (Å²) in [4.78, 5) is 11.3. The van der Waals surface area contributed by atoms with Gasteiger partial charge in [-0.1, -0.05) is 6.07 Å². The number of likely N-dealkylation sites (tertiary alicyclic amines) is 1. The number of aromatic nitrogens is 4. The van der Waals surface area contributed by atoms with Crippen molar-refractivity contribution >= 4 is 5.65 Å². The van der Waals surface area contributed by atoms with Crippen LogP contribution in [0, 0.1) is 6.92 Å². The third-order valence-electron chi connectivity index (χ3n) is 4.65. The Morgan fingerprint density at radius 1 is 1.32 bits per heavy atom. The summed E-state index contributed by atoms with van der Waals surface area (Å²) in [6.45, 7) is 5.27. The Balaban J connectivity index is 1.55. The van der Waals surface area contributed by atoms with E-state index >= 15 is 0 Å². The molecule has 0 bridgehead atoms. The summed E-state index contributed by atoms with van der Waals surface area (Å²) in [6.07, 6.45) is 12.5. The lowest BCUT2D eigenvalue weighted by Crippen LogP contribution is -2.32. The monoisotopic (exact) mass is 295 g/mol. The molecule has 1 saturated heterocycles. The van der Waals surface area contributed by atoms with Gasteiger partial charge in [0.05, 0.1) is 18.2 Å². The Hall–Kier alpha value is -2.14. The molecule has 0 saturated carbocycles. The van der Waals surface area contributed by atoms with E-state index in [2.05, 4.69) is 49.1 Å². The van der Waals surface area contributed by atoms with Crippen LogP contribution in [0.2, 0.25) is 0 Å². The van der Waals surface area contributed by atoms with Crippen LogP contribution in [0.1, 0.15) is 24.1 Å². The van der Waals surface area contributed by atoms with Crippen molar-refractivity contribution in [3.63, 3.8) is 0 Å². The van der Waals surface area contributed by atoms with Crippen molar-refractivity contribution in [3.8, 4) is 0 Å². The zero-order valence-corrected chi connectivity index (χ0v) is 12.9. The Kier molecular flexibility index (Phi) is 3.42. The van der Waals surface area contributed by atoms with Crippen LogP contribution in [-0.4, -0.2) is 36.4 Å². The van der Waals surface area contributed by atoms with Gasteiger partial charge in [0.2, 0.25) is 0 Å². The Bertz CT molecular complexity index is 759. The van der Waals surface area contributed by atoms with Crippen molar-refractivity contribution in [2.75, 3.05) is 6.54 Å². The van der Waals surface area contributed by atoms with Gasteiger partial charge in [-0.15, -0.1) is 0 Å². The van der Waals surface area contributed by atoms with E-state index in [1.165, 1.54) is 30.6 Å². The highest BCUT2D eigenvalue weighted by Crippen LogP contribution is 2.22. The smallest absolute Gasteiger partial charge is 0.139 e. The molecule has 114 valence electrons. The highest BCUT2D eigenvalue weighted by atomic mass is 15.2. The third kappa shape index (κ3) is 2.41. The molecular formula is C17H21N5. The lowest BCUT2D eigenvalue weighted by molar-refractivity contribution is 0.221. The van der Waals surface area contributed by atoms with Crippen LogP contribution in [0.15, 0.2) is 43.2 Å². The van der Waals surface area contributed by atoms with Crippen molar-refractivity contribution in [3.05, 3.63) is 54.5 Å². The molecule has 5 nitrogen and oxygen atoms in total. The van der Waals surface area contributed by atoms with Gasteiger partial charge in [0.25, 0.3) is 0 Å². The average molecular weight is 295 g/mol. The van der Waals surface area contributed by atoms with E-state index in [0.717, 1.165) is 18.7 Å². The second-order valence-corrected chi connectivity index (χ2v) is 6.16. The maximum absolute atomic E-state index is 4.58. The molecule has 3 aromatic heterocycles. The van der Waals surface area contributed by atoms with Crippen LogP contribution >= 0.6 is 0 Å². The van der Waals surface area contributed by atoms with Crippen molar-refractivity contribution in [1.29, 1.82) is 0 Å².